The summed E-state index contributed by atoms with van der Waals surface area (Å²) in [6.45, 7) is 3.32. The van der Waals surface area contributed by atoms with E-state index >= 15 is 0 Å². The molecule has 1 heterocycles. The molecular weight excluding hydrogens is 144 g/mol. The number of likely N-dealkylation sites (N-methyl/N-ethyl adjacent to an activating group) is 1. The minimum absolute atomic E-state index is 0.0455. The van der Waals surface area contributed by atoms with Gasteiger partial charge in [-0.15, -0.1) is 0 Å². The average Bonchev–Trinajstić information content (AvgIpc) is 2.34. The summed E-state index contributed by atoms with van der Waals surface area (Å²) in [6, 6.07) is -0.451. The Hall–Kier alpha value is -1.15. The summed E-state index contributed by atoms with van der Waals surface area (Å²) in [5.41, 5.74) is 0. The van der Waals surface area contributed by atoms with Crippen LogP contribution in [0.3, 0.4) is 0 Å². The van der Waals surface area contributed by atoms with Crippen molar-refractivity contribution >= 4 is 12.0 Å². The van der Waals surface area contributed by atoms with Crippen molar-refractivity contribution in [2.24, 2.45) is 4.99 Å². The molecule has 1 rings (SSSR count). The summed E-state index contributed by atoms with van der Waals surface area (Å²) in [4.78, 5) is 26.1. The highest BCUT2D eigenvalue weighted by atomic mass is 16.2. The minimum Gasteiger partial charge on any atom is -0.341 e. The zero-order chi connectivity index (χ0) is 8.27. The highest BCUT2D eigenvalue weighted by Gasteiger charge is 2.29. The normalized spacial score (nSPS) is 23.5. The lowest BCUT2D eigenvalue weighted by Gasteiger charge is -2.10. The van der Waals surface area contributed by atoms with Gasteiger partial charge in [0.05, 0.1) is 0 Å². The lowest BCUT2D eigenvalue weighted by Crippen LogP contribution is -2.28. The number of amides is 1. The Morgan fingerprint density at radius 3 is 3.00 bits per heavy atom. The number of isocyanates is 1. The number of nitrogens with zero attached hydrogens (tertiary/aromatic N) is 2. The molecule has 4 nitrogen and oxygen atoms in total. The van der Waals surface area contributed by atoms with Gasteiger partial charge in [-0.3, -0.25) is 4.79 Å². The molecular formula is C7H10N2O2. The molecule has 1 unspecified atom stereocenters. The van der Waals surface area contributed by atoms with Crippen LogP contribution in [0.4, 0.5) is 0 Å². The molecule has 0 N–H and O–H groups in total. The summed E-state index contributed by atoms with van der Waals surface area (Å²) in [7, 11) is 0. The van der Waals surface area contributed by atoms with Crippen LogP contribution in [0.5, 0.6) is 0 Å². The number of hydrogen-bond donors (Lipinski definition) is 0. The zero-order valence-corrected chi connectivity index (χ0v) is 6.41. The second-order valence-electron chi connectivity index (χ2n) is 2.44. The lowest BCUT2D eigenvalue weighted by molar-refractivity contribution is -0.128. The third-order valence-corrected chi connectivity index (χ3v) is 1.86. The van der Waals surface area contributed by atoms with Gasteiger partial charge in [-0.05, 0) is 13.3 Å². The fourth-order valence-corrected chi connectivity index (χ4v) is 1.22. The molecule has 4 heteroatoms. The third kappa shape index (κ3) is 1.46. The van der Waals surface area contributed by atoms with E-state index < -0.39 is 6.04 Å². The molecule has 0 aliphatic carbocycles. The van der Waals surface area contributed by atoms with Gasteiger partial charge >= 0.3 is 0 Å². The van der Waals surface area contributed by atoms with Gasteiger partial charge in [-0.2, -0.15) is 4.99 Å². The van der Waals surface area contributed by atoms with E-state index in [9.17, 15) is 9.59 Å². The molecule has 1 aliphatic rings. The number of hydrogen-bond acceptors (Lipinski definition) is 3. The smallest absolute Gasteiger partial charge is 0.248 e. The quantitative estimate of drug-likeness (QED) is 0.413. The molecule has 0 bridgehead atoms. The molecule has 0 spiro atoms. The van der Waals surface area contributed by atoms with Crippen LogP contribution in [0.15, 0.2) is 4.99 Å². The molecule has 60 valence electrons. The Morgan fingerprint density at radius 1 is 1.82 bits per heavy atom. The number of carbonyl (C=O) groups is 1. The van der Waals surface area contributed by atoms with Crippen molar-refractivity contribution in [3.05, 3.63) is 0 Å². The van der Waals surface area contributed by atoms with Crippen LogP contribution in [0.25, 0.3) is 0 Å². The first-order chi connectivity index (χ1) is 5.29. The van der Waals surface area contributed by atoms with Gasteiger partial charge in [0.15, 0.2) is 0 Å². The molecule has 1 amide bonds. The highest BCUT2D eigenvalue weighted by molar-refractivity contribution is 5.84. The number of likely N-dealkylation sites (tertiary alicyclic amines) is 1. The van der Waals surface area contributed by atoms with E-state index in [4.69, 9.17) is 0 Å². The second kappa shape index (κ2) is 3.30. The molecule has 0 saturated carbocycles. The van der Waals surface area contributed by atoms with Crippen LogP contribution in [0, 0.1) is 0 Å². The van der Waals surface area contributed by atoms with E-state index in [1.54, 1.807) is 4.90 Å². The maximum atomic E-state index is 11.2. The van der Waals surface area contributed by atoms with E-state index in [0.717, 1.165) is 0 Å². The molecule has 0 aromatic carbocycles. The standard InChI is InChI=1S/C7H10N2O2/c1-2-9-4-3-6(7(9)11)8-5-10/h6H,2-4H2,1H3. The van der Waals surface area contributed by atoms with Crippen molar-refractivity contribution in [1.82, 2.24) is 4.90 Å². The first-order valence-corrected chi connectivity index (χ1v) is 3.65. The number of aliphatic imine (C=N–C) groups is 1. The fourth-order valence-electron chi connectivity index (χ4n) is 1.22. The van der Waals surface area contributed by atoms with Gasteiger partial charge in [0.2, 0.25) is 12.0 Å². The molecule has 1 atom stereocenters. The van der Waals surface area contributed by atoms with Crippen molar-refractivity contribution < 1.29 is 9.59 Å². The van der Waals surface area contributed by atoms with E-state index in [1.807, 2.05) is 6.92 Å². The van der Waals surface area contributed by atoms with Crippen LogP contribution < -0.4 is 0 Å². The maximum Gasteiger partial charge on any atom is 0.248 e. The van der Waals surface area contributed by atoms with Gasteiger partial charge in [0.25, 0.3) is 0 Å². The van der Waals surface area contributed by atoms with E-state index in [1.165, 1.54) is 6.08 Å². The summed E-state index contributed by atoms with van der Waals surface area (Å²) < 4.78 is 0. The molecule has 0 radical (unpaired) electrons. The van der Waals surface area contributed by atoms with Crippen LogP contribution >= 0.6 is 0 Å². The molecule has 0 aromatic rings. The molecule has 11 heavy (non-hydrogen) atoms. The Bertz CT molecular complexity index is 208. The van der Waals surface area contributed by atoms with Gasteiger partial charge in [0, 0.05) is 13.1 Å². The first kappa shape index (κ1) is 7.95. The summed E-state index contributed by atoms with van der Waals surface area (Å²) in [5, 5.41) is 0. The van der Waals surface area contributed by atoms with E-state index in [2.05, 4.69) is 4.99 Å². The molecule has 1 saturated heterocycles. The van der Waals surface area contributed by atoms with Crippen LogP contribution in [-0.2, 0) is 9.59 Å². The van der Waals surface area contributed by atoms with Crippen molar-refractivity contribution in [1.29, 1.82) is 0 Å². The zero-order valence-electron chi connectivity index (χ0n) is 6.41. The largest absolute Gasteiger partial charge is 0.341 e. The summed E-state index contributed by atoms with van der Waals surface area (Å²) in [5.74, 6) is -0.0455. The monoisotopic (exact) mass is 154 g/mol. The van der Waals surface area contributed by atoms with Crippen molar-refractivity contribution in [2.45, 2.75) is 19.4 Å². The van der Waals surface area contributed by atoms with Crippen molar-refractivity contribution in [2.75, 3.05) is 13.1 Å². The number of carbonyl (C=O) groups excluding carboxylic acids is 2. The van der Waals surface area contributed by atoms with E-state index in [-0.39, 0.29) is 5.91 Å². The van der Waals surface area contributed by atoms with Crippen LogP contribution in [0.1, 0.15) is 13.3 Å². The van der Waals surface area contributed by atoms with Crippen molar-refractivity contribution in [3.63, 3.8) is 0 Å². The van der Waals surface area contributed by atoms with E-state index in [0.29, 0.717) is 19.5 Å². The summed E-state index contributed by atoms with van der Waals surface area (Å²) in [6.07, 6.45) is 2.07. The Morgan fingerprint density at radius 2 is 2.55 bits per heavy atom. The highest BCUT2D eigenvalue weighted by Crippen LogP contribution is 2.12. The summed E-state index contributed by atoms with van der Waals surface area (Å²) >= 11 is 0. The van der Waals surface area contributed by atoms with Crippen LogP contribution in [0.2, 0.25) is 0 Å². The average molecular weight is 154 g/mol. The molecule has 1 aliphatic heterocycles. The number of rotatable bonds is 2. The maximum absolute atomic E-state index is 11.2. The predicted octanol–water partition coefficient (Wildman–Crippen LogP) is -0.0570. The van der Waals surface area contributed by atoms with Gasteiger partial charge in [0.1, 0.15) is 6.04 Å². The Balaban J connectivity index is 2.62. The third-order valence-electron chi connectivity index (χ3n) is 1.86. The first-order valence-electron chi connectivity index (χ1n) is 3.65. The predicted molar refractivity (Wildman–Crippen MR) is 38.8 cm³/mol. The Labute approximate surface area is 64.9 Å². The van der Waals surface area contributed by atoms with Gasteiger partial charge in [-0.1, -0.05) is 0 Å². The second-order valence-corrected chi connectivity index (χ2v) is 2.44. The Kier molecular flexibility index (Phi) is 2.39. The van der Waals surface area contributed by atoms with Crippen molar-refractivity contribution in [3.8, 4) is 0 Å². The molecule has 1 fully saturated rings. The van der Waals surface area contributed by atoms with Gasteiger partial charge < -0.3 is 4.90 Å². The fraction of sp³-hybridized carbons (Fsp3) is 0.714. The molecule has 0 aromatic heterocycles. The SMILES string of the molecule is CCN1CCC(N=C=O)C1=O. The minimum atomic E-state index is -0.451. The lowest BCUT2D eigenvalue weighted by atomic mass is 10.3. The topological polar surface area (TPSA) is 49.7 Å². The van der Waals surface area contributed by atoms with Crippen LogP contribution in [-0.4, -0.2) is 36.0 Å². The van der Waals surface area contributed by atoms with Gasteiger partial charge in [-0.25, -0.2) is 4.79 Å².